The van der Waals surface area contributed by atoms with Crippen LogP contribution in [-0.2, 0) is 0 Å². The van der Waals surface area contributed by atoms with Crippen LogP contribution >= 0.6 is 11.3 Å². The lowest BCUT2D eigenvalue weighted by Crippen LogP contribution is -2.48. The van der Waals surface area contributed by atoms with Crippen molar-refractivity contribution in [3.63, 3.8) is 0 Å². The van der Waals surface area contributed by atoms with Crippen LogP contribution < -0.4 is 4.74 Å². The molecule has 1 aromatic carbocycles. The van der Waals surface area contributed by atoms with Gasteiger partial charge in [-0.1, -0.05) is 18.2 Å². The van der Waals surface area contributed by atoms with E-state index in [-0.39, 0.29) is 22.1 Å². The fraction of sp³-hybridized carbons (Fsp3) is 0.300. The monoisotopic (exact) mass is 418 g/mol. The second-order valence-electron chi connectivity index (χ2n) is 6.46. The number of allylic oxidation sites excluding steroid dienone is 2. The Morgan fingerprint density at radius 3 is 2.04 bits per heavy atom. The Hall–Kier alpha value is -2.22. The maximum Gasteiger partial charge on any atom is 0.380 e. The lowest BCUT2D eigenvalue weighted by atomic mass is 9.97. The number of thiophene rings is 1. The van der Waals surface area contributed by atoms with Crippen LogP contribution in [0.15, 0.2) is 30.3 Å². The smallest absolute Gasteiger partial charge is 0.380 e. The average Bonchev–Trinajstić information content (AvgIpc) is 2.97. The number of methoxy groups -OCH3 is 1. The zero-order valence-corrected chi connectivity index (χ0v) is 15.9. The molecule has 0 spiro atoms. The van der Waals surface area contributed by atoms with E-state index >= 15 is 0 Å². The first-order valence-electron chi connectivity index (χ1n) is 8.21. The fourth-order valence-corrected chi connectivity index (χ4v) is 4.17. The topological polar surface area (TPSA) is 9.23 Å². The molecule has 0 bridgehead atoms. The van der Waals surface area contributed by atoms with Crippen molar-refractivity contribution in [3.8, 4) is 5.75 Å². The number of benzene rings is 1. The minimum Gasteiger partial charge on any atom is -0.497 e. The fourth-order valence-electron chi connectivity index (χ4n) is 3.09. The molecule has 1 heterocycles. The Kier molecular flexibility index (Phi) is 4.90. The van der Waals surface area contributed by atoms with Gasteiger partial charge in [-0.25, -0.2) is 0 Å². The van der Waals surface area contributed by atoms with Crippen LogP contribution in [0.1, 0.15) is 26.4 Å². The molecule has 1 nitrogen and oxygen atoms in total. The van der Waals surface area contributed by atoms with E-state index in [0.717, 1.165) is 16.9 Å². The molecule has 0 unspecified atom stereocenters. The minimum atomic E-state index is -5.46. The van der Waals surface area contributed by atoms with Gasteiger partial charge in [0.15, 0.2) is 0 Å². The van der Waals surface area contributed by atoms with Gasteiger partial charge < -0.3 is 4.74 Å². The number of rotatable bonds is 4. The average molecular weight is 418 g/mol. The first-order valence-corrected chi connectivity index (χ1v) is 9.03. The molecule has 28 heavy (non-hydrogen) atoms. The Labute approximate surface area is 162 Å². The van der Waals surface area contributed by atoms with E-state index in [1.54, 1.807) is 36.4 Å². The van der Waals surface area contributed by atoms with Gasteiger partial charge >= 0.3 is 17.8 Å². The highest BCUT2D eigenvalue weighted by atomic mass is 32.1. The summed E-state index contributed by atoms with van der Waals surface area (Å²) < 4.78 is 87.5. The van der Waals surface area contributed by atoms with E-state index in [1.807, 2.05) is 0 Å². The quantitative estimate of drug-likeness (QED) is 0.494. The second-order valence-corrected chi connectivity index (χ2v) is 7.72. The summed E-state index contributed by atoms with van der Waals surface area (Å²) in [5.41, 5.74) is -0.512. The van der Waals surface area contributed by atoms with Crippen LogP contribution in [0.4, 0.5) is 26.3 Å². The van der Waals surface area contributed by atoms with Crippen molar-refractivity contribution in [1.29, 1.82) is 0 Å². The second kappa shape index (κ2) is 6.69. The van der Waals surface area contributed by atoms with E-state index < -0.39 is 23.3 Å². The normalized spacial score (nSPS) is 19.8. The van der Waals surface area contributed by atoms with E-state index in [4.69, 9.17) is 4.74 Å². The van der Waals surface area contributed by atoms with E-state index in [1.165, 1.54) is 21.0 Å². The molecule has 0 N–H and O–H groups in total. The van der Waals surface area contributed by atoms with E-state index in [2.05, 4.69) is 0 Å². The Morgan fingerprint density at radius 1 is 0.929 bits per heavy atom. The van der Waals surface area contributed by atoms with Crippen molar-refractivity contribution in [2.24, 2.45) is 0 Å². The third kappa shape index (κ3) is 3.03. The molecule has 0 radical (unpaired) electrons. The van der Waals surface area contributed by atoms with Gasteiger partial charge in [-0.05, 0) is 43.2 Å². The molecule has 3 rings (SSSR count). The van der Waals surface area contributed by atoms with Crippen molar-refractivity contribution < 1.29 is 31.1 Å². The van der Waals surface area contributed by atoms with Crippen molar-refractivity contribution >= 4 is 29.1 Å². The zero-order valence-electron chi connectivity index (χ0n) is 15.1. The number of halogens is 6. The van der Waals surface area contributed by atoms with Gasteiger partial charge in [-0.2, -0.15) is 26.3 Å². The zero-order chi connectivity index (χ0) is 20.9. The molecule has 1 aromatic heterocycles. The van der Waals surface area contributed by atoms with Gasteiger partial charge in [-0.15, -0.1) is 11.3 Å². The SMILES string of the molecule is COc1ccc(C=Cc2sc(C)c(C3=CC(F)(F)C(F)(F)C3(F)F)c2C)cc1. The molecule has 150 valence electrons. The lowest BCUT2D eigenvalue weighted by molar-refractivity contribution is -0.257. The molecule has 0 saturated heterocycles. The standard InChI is InChI=1S/C20H16F6OS/c1-11-16(9-6-13-4-7-14(27-3)8-5-13)28-12(2)17(11)15-10-18(21,22)20(25,26)19(15,23)24/h4-10H,1-3H3. The molecule has 1 aliphatic carbocycles. The predicted octanol–water partition coefficient (Wildman–Crippen LogP) is 6.85. The Morgan fingerprint density at radius 2 is 1.54 bits per heavy atom. The van der Waals surface area contributed by atoms with Crippen LogP contribution in [0.25, 0.3) is 17.7 Å². The molecule has 8 heteroatoms. The number of hydrogen-bond acceptors (Lipinski definition) is 2. The molecule has 0 aliphatic heterocycles. The Bertz CT molecular complexity index is 954. The summed E-state index contributed by atoms with van der Waals surface area (Å²) in [7, 11) is 1.53. The summed E-state index contributed by atoms with van der Waals surface area (Å²) >= 11 is 1.08. The lowest BCUT2D eigenvalue weighted by Gasteiger charge is -2.25. The maximum atomic E-state index is 14.1. The number of aryl methyl sites for hydroxylation is 1. The van der Waals surface area contributed by atoms with E-state index in [0.29, 0.717) is 10.6 Å². The number of alkyl halides is 6. The van der Waals surface area contributed by atoms with Crippen molar-refractivity contribution in [2.45, 2.75) is 31.6 Å². The number of ether oxygens (including phenoxy) is 1. The first kappa shape index (κ1) is 20.5. The summed E-state index contributed by atoms with van der Waals surface area (Å²) in [5, 5.41) is 0. The number of hydrogen-bond donors (Lipinski definition) is 0. The van der Waals surface area contributed by atoms with Gasteiger partial charge in [0.1, 0.15) is 5.75 Å². The highest BCUT2D eigenvalue weighted by molar-refractivity contribution is 7.13. The molecule has 2 aromatic rings. The summed E-state index contributed by atoms with van der Waals surface area (Å²) in [6, 6.07) is 7.04. The van der Waals surface area contributed by atoms with E-state index in [9.17, 15) is 26.3 Å². The summed E-state index contributed by atoms with van der Waals surface area (Å²) in [6.45, 7) is 2.90. The van der Waals surface area contributed by atoms with Crippen LogP contribution in [0.2, 0.25) is 0 Å². The summed E-state index contributed by atoms with van der Waals surface area (Å²) in [4.78, 5) is 0.796. The molecular weight excluding hydrogens is 402 g/mol. The highest BCUT2D eigenvalue weighted by Crippen LogP contribution is 2.59. The first-order chi connectivity index (χ1) is 12.9. The van der Waals surface area contributed by atoms with Gasteiger partial charge in [0.25, 0.3) is 0 Å². The van der Waals surface area contributed by atoms with Gasteiger partial charge in [0.05, 0.1) is 7.11 Å². The third-order valence-corrected chi connectivity index (χ3v) is 5.82. The predicted molar refractivity (Wildman–Crippen MR) is 98.5 cm³/mol. The molecule has 1 aliphatic rings. The van der Waals surface area contributed by atoms with Crippen molar-refractivity contribution in [3.05, 3.63) is 56.8 Å². The maximum absolute atomic E-state index is 14.1. The van der Waals surface area contributed by atoms with Crippen LogP contribution in [0, 0.1) is 13.8 Å². The summed E-state index contributed by atoms with van der Waals surface area (Å²) in [6.07, 6.45) is 3.06. The highest BCUT2D eigenvalue weighted by Gasteiger charge is 2.77. The largest absolute Gasteiger partial charge is 0.497 e. The van der Waals surface area contributed by atoms with Crippen LogP contribution in [0.3, 0.4) is 0 Å². The van der Waals surface area contributed by atoms with Gasteiger partial charge in [0.2, 0.25) is 0 Å². The molecule has 0 saturated carbocycles. The van der Waals surface area contributed by atoms with Crippen LogP contribution in [0.5, 0.6) is 5.75 Å². The summed E-state index contributed by atoms with van der Waals surface area (Å²) in [5.74, 6) is -14.7. The molecular formula is C20H16F6OS. The minimum absolute atomic E-state index is 0.249. The third-order valence-electron chi connectivity index (χ3n) is 4.65. The van der Waals surface area contributed by atoms with Crippen LogP contribution in [-0.4, -0.2) is 24.9 Å². The molecule has 0 fully saturated rings. The molecule has 0 amide bonds. The van der Waals surface area contributed by atoms with Gasteiger partial charge in [0, 0.05) is 27.0 Å². The van der Waals surface area contributed by atoms with Crippen molar-refractivity contribution in [2.75, 3.05) is 7.11 Å². The van der Waals surface area contributed by atoms with Gasteiger partial charge in [-0.3, -0.25) is 0 Å². The van der Waals surface area contributed by atoms with Crippen molar-refractivity contribution in [1.82, 2.24) is 0 Å². The Balaban J connectivity index is 2.00. The molecule has 0 atom stereocenters.